The second-order valence-electron chi connectivity index (χ2n) is 6.97. The van der Waals surface area contributed by atoms with Crippen LogP contribution in [0.2, 0.25) is 0 Å². The number of H-pyrrole nitrogens is 2. The standard InChI is InChI=1S/C22H13FN8/c23-14-3-1-2-12(6-14)19-21-16(4-5-26-19)28-22(29-21)20-15-7-17(13-8-24-11-25-9-13)27-10-18(15)30-31-20/h1-11H,(H,28,29)(H,30,31). The Morgan fingerprint density at radius 2 is 1.74 bits per heavy atom. The Hall–Kier alpha value is -4.53. The summed E-state index contributed by atoms with van der Waals surface area (Å²) in [7, 11) is 0. The van der Waals surface area contributed by atoms with Crippen LogP contribution in [-0.2, 0) is 0 Å². The number of nitrogens with zero attached hydrogens (tertiary/aromatic N) is 6. The molecule has 0 spiro atoms. The van der Waals surface area contributed by atoms with Crippen molar-refractivity contribution >= 4 is 21.9 Å². The Labute approximate surface area is 174 Å². The largest absolute Gasteiger partial charge is 0.336 e. The molecule has 0 radical (unpaired) electrons. The highest BCUT2D eigenvalue weighted by Crippen LogP contribution is 2.31. The molecule has 0 saturated carbocycles. The van der Waals surface area contributed by atoms with Gasteiger partial charge in [-0.05, 0) is 24.3 Å². The van der Waals surface area contributed by atoms with E-state index < -0.39 is 0 Å². The minimum absolute atomic E-state index is 0.324. The first-order valence-electron chi connectivity index (χ1n) is 9.47. The number of hydrogen-bond acceptors (Lipinski definition) is 6. The molecule has 31 heavy (non-hydrogen) atoms. The van der Waals surface area contributed by atoms with Crippen molar-refractivity contribution in [1.82, 2.24) is 40.1 Å². The third-order valence-electron chi connectivity index (χ3n) is 5.03. The molecule has 9 heteroatoms. The lowest BCUT2D eigenvalue weighted by Gasteiger charge is -2.01. The van der Waals surface area contributed by atoms with Gasteiger partial charge in [0.15, 0.2) is 5.82 Å². The number of pyridine rings is 2. The number of aromatic nitrogens is 8. The van der Waals surface area contributed by atoms with Crippen LogP contribution >= 0.6 is 0 Å². The van der Waals surface area contributed by atoms with Gasteiger partial charge in [-0.1, -0.05) is 12.1 Å². The van der Waals surface area contributed by atoms with Gasteiger partial charge >= 0.3 is 0 Å². The Kier molecular flexibility index (Phi) is 3.79. The van der Waals surface area contributed by atoms with Crippen LogP contribution in [0.4, 0.5) is 4.39 Å². The van der Waals surface area contributed by atoms with Crippen molar-refractivity contribution in [2.75, 3.05) is 0 Å². The fraction of sp³-hybridized carbons (Fsp3) is 0. The molecule has 1 aromatic carbocycles. The average Bonchev–Trinajstić information content (AvgIpc) is 3.43. The predicted molar refractivity (Wildman–Crippen MR) is 113 cm³/mol. The van der Waals surface area contributed by atoms with Crippen molar-refractivity contribution < 1.29 is 4.39 Å². The van der Waals surface area contributed by atoms with Gasteiger partial charge in [-0.15, -0.1) is 0 Å². The third-order valence-corrected chi connectivity index (χ3v) is 5.03. The fourth-order valence-electron chi connectivity index (χ4n) is 3.58. The van der Waals surface area contributed by atoms with Gasteiger partial charge in [-0.3, -0.25) is 15.1 Å². The highest BCUT2D eigenvalue weighted by atomic mass is 19.1. The number of fused-ring (bicyclic) bond motifs is 2. The van der Waals surface area contributed by atoms with Crippen LogP contribution in [-0.4, -0.2) is 40.1 Å². The molecule has 0 aliphatic heterocycles. The Morgan fingerprint density at radius 3 is 2.61 bits per heavy atom. The number of hydrogen-bond donors (Lipinski definition) is 2. The molecule has 148 valence electrons. The molecule has 5 heterocycles. The SMILES string of the molecule is Fc1cccc(-c2nccc3[nH]c(-c4n[nH]c5cnc(-c6cncnc6)cc45)nc23)c1. The molecule has 0 fully saturated rings. The Bertz CT molecular complexity index is 1550. The maximum Gasteiger partial charge on any atom is 0.159 e. The molecule has 0 amide bonds. The molecule has 2 N–H and O–H groups in total. The van der Waals surface area contributed by atoms with Crippen LogP contribution in [0, 0.1) is 5.82 Å². The lowest BCUT2D eigenvalue weighted by atomic mass is 10.1. The number of nitrogens with one attached hydrogen (secondary N) is 2. The number of imidazole rings is 1. The van der Waals surface area contributed by atoms with E-state index in [0.717, 1.165) is 27.7 Å². The molecule has 0 aliphatic rings. The summed E-state index contributed by atoms with van der Waals surface area (Å²) in [6.07, 6.45) is 8.28. The van der Waals surface area contributed by atoms with Gasteiger partial charge in [-0.25, -0.2) is 19.3 Å². The van der Waals surface area contributed by atoms with E-state index in [2.05, 4.69) is 35.1 Å². The molecular formula is C22H13FN8. The summed E-state index contributed by atoms with van der Waals surface area (Å²) in [4.78, 5) is 25.0. The maximum atomic E-state index is 13.7. The highest BCUT2D eigenvalue weighted by Gasteiger charge is 2.17. The van der Waals surface area contributed by atoms with Crippen LogP contribution < -0.4 is 0 Å². The summed E-state index contributed by atoms with van der Waals surface area (Å²) in [6.45, 7) is 0. The van der Waals surface area contributed by atoms with Gasteiger partial charge in [0.1, 0.15) is 23.4 Å². The zero-order valence-corrected chi connectivity index (χ0v) is 15.9. The highest BCUT2D eigenvalue weighted by molar-refractivity contribution is 5.96. The summed E-state index contributed by atoms with van der Waals surface area (Å²) in [5.74, 6) is 0.253. The maximum absolute atomic E-state index is 13.7. The minimum atomic E-state index is -0.324. The first kappa shape index (κ1) is 17.3. The third kappa shape index (κ3) is 2.91. The molecule has 0 aliphatic carbocycles. The van der Waals surface area contributed by atoms with Gasteiger partial charge < -0.3 is 4.98 Å². The van der Waals surface area contributed by atoms with E-state index >= 15 is 0 Å². The van der Waals surface area contributed by atoms with Crippen LogP contribution in [0.15, 0.2) is 67.5 Å². The van der Waals surface area contributed by atoms with E-state index in [0.29, 0.717) is 28.3 Å². The minimum Gasteiger partial charge on any atom is -0.336 e. The molecule has 6 aromatic rings. The molecule has 5 aromatic heterocycles. The van der Waals surface area contributed by atoms with Crippen molar-refractivity contribution in [3.8, 4) is 34.0 Å². The first-order valence-corrected chi connectivity index (χ1v) is 9.47. The topological polar surface area (TPSA) is 109 Å². The lowest BCUT2D eigenvalue weighted by molar-refractivity contribution is 0.628. The quantitative estimate of drug-likeness (QED) is 0.455. The summed E-state index contributed by atoms with van der Waals surface area (Å²) in [5, 5.41) is 8.29. The van der Waals surface area contributed by atoms with Crippen LogP contribution in [0.5, 0.6) is 0 Å². The fourth-order valence-corrected chi connectivity index (χ4v) is 3.58. The van der Waals surface area contributed by atoms with E-state index in [1.165, 1.54) is 18.5 Å². The van der Waals surface area contributed by atoms with E-state index in [4.69, 9.17) is 4.98 Å². The number of benzene rings is 1. The van der Waals surface area contributed by atoms with Crippen LogP contribution in [0.25, 0.3) is 56.0 Å². The summed E-state index contributed by atoms with van der Waals surface area (Å²) in [5.41, 5.74) is 5.65. The zero-order valence-electron chi connectivity index (χ0n) is 15.9. The number of aromatic amines is 2. The second kappa shape index (κ2) is 6.77. The van der Waals surface area contributed by atoms with Gasteiger partial charge in [-0.2, -0.15) is 5.10 Å². The van der Waals surface area contributed by atoms with Crippen LogP contribution in [0.3, 0.4) is 0 Å². The Morgan fingerprint density at radius 1 is 0.839 bits per heavy atom. The summed E-state index contributed by atoms with van der Waals surface area (Å²) >= 11 is 0. The molecular weight excluding hydrogens is 395 g/mol. The van der Waals surface area contributed by atoms with Crippen molar-refractivity contribution in [2.24, 2.45) is 0 Å². The number of rotatable bonds is 3. The predicted octanol–water partition coefficient (Wildman–Crippen LogP) is 4.16. The lowest BCUT2D eigenvalue weighted by Crippen LogP contribution is -1.87. The smallest absolute Gasteiger partial charge is 0.159 e. The van der Waals surface area contributed by atoms with E-state index in [1.54, 1.807) is 30.9 Å². The average molecular weight is 408 g/mol. The molecule has 0 bridgehead atoms. The first-order chi connectivity index (χ1) is 15.3. The Balaban J connectivity index is 1.52. The summed E-state index contributed by atoms with van der Waals surface area (Å²) < 4.78 is 13.7. The molecule has 8 nitrogen and oxygen atoms in total. The van der Waals surface area contributed by atoms with Gasteiger partial charge in [0.25, 0.3) is 0 Å². The van der Waals surface area contributed by atoms with Gasteiger partial charge in [0.2, 0.25) is 0 Å². The van der Waals surface area contributed by atoms with Crippen molar-refractivity contribution in [3.63, 3.8) is 0 Å². The molecule has 0 saturated heterocycles. The molecule has 0 atom stereocenters. The van der Waals surface area contributed by atoms with E-state index in [-0.39, 0.29) is 5.82 Å². The zero-order chi connectivity index (χ0) is 20.8. The van der Waals surface area contributed by atoms with Gasteiger partial charge in [0.05, 0.1) is 28.6 Å². The van der Waals surface area contributed by atoms with E-state index in [9.17, 15) is 4.39 Å². The van der Waals surface area contributed by atoms with Crippen LogP contribution in [0.1, 0.15) is 0 Å². The normalized spacial score (nSPS) is 11.4. The summed E-state index contributed by atoms with van der Waals surface area (Å²) in [6, 6.07) is 10.1. The van der Waals surface area contributed by atoms with Crippen molar-refractivity contribution in [2.45, 2.75) is 0 Å². The van der Waals surface area contributed by atoms with Crippen molar-refractivity contribution in [3.05, 3.63) is 73.3 Å². The number of halogens is 1. The molecule has 6 rings (SSSR count). The second-order valence-corrected chi connectivity index (χ2v) is 6.97. The van der Waals surface area contributed by atoms with Crippen molar-refractivity contribution in [1.29, 1.82) is 0 Å². The van der Waals surface area contributed by atoms with Gasteiger partial charge in [0, 0.05) is 35.1 Å². The monoisotopic (exact) mass is 408 g/mol. The molecule has 0 unspecified atom stereocenters. The van der Waals surface area contributed by atoms with E-state index in [1.807, 2.05) is 18.2 Å².